The number of benzene rings is 1. The van der Waals surface area contributed by atoms with Crippen LogP contribution in [0.25, 0.3) is 0 Å². The van der Waals surface area contributed by atoms with E-state index in [1.54, 1.807) is 0 Å². The molecule has 1 aromatic rings. The summed E-state index contributed by atoms with van der Waals surface area (Å²) in [5.41, 5.74) is 1.81. The zero-order valence-corrected chi connectivity index (χ0v) is 11.4. The Labute approximate surface area is 106 Å². The quantitative estimate of drug-likeness (QED) is 0.814. The lowest BCUT2D eigenvalue weighted by molar-refractivity contribution is 0.249. The van der Waals surface area contributed by atoms with Crippen molar-refractivity contribution in [2.24, 2.45) is 5.41 Å². The zero-order chi connectivity index (χ0) is 12.3. The summed E-state index contributed by atoms with van der Waals surface area (Å²) in [6.45, 7) is 6.97. The smallest absolute Gasteiger partial charge is 0.0327 e. The van der Waals surface area contributed by atoms with Gasteiger partial charge in [0, 0.05) is 12.1 Å². The second-order valence-corrected chi connectivity index (χ2v) is 6.52. The molecule has 1 saturated carbocycles. The molecule has 1 unspecified atom stereocenters. The summed E-state index contributed by atoms with van der Waals surface area (Å²) < 4.78 is 0. The Bertz CT molecular complexity index is 332. The molecule has 1 aliphatic rings. The van der Waals surface area contributed by atoms with Crippen LogP contribution < -0.4 is 5.32 Å². The van der Waals surface area contributed by atoms with Gasteiger partial charge in [-0.1, -0.05) is 57.5 Å². The van der Waals surface area contributed by atoms with E-state index in [0.29, 0.717) is 11.5 Å². The van der Waals surface area contributed by atoms with Crippen LogP contribution in [0.3, 0.4) is 0 Å². The van der Waals surface area contributed by atoms with E-state index in [1.165, 1.54) is 31.2 Å². The molecule has 1 aliphatic carbocycles. The zero-order valence-electron chi connectivity index (χ0n) is 11.4. The SMILES string of the molecule is CC(C)(C)CC(NC1CCC1)c1ccccc1. The highest BCUT2D eigenvalue weighted by atomic mass is 15.0. The fraction of sp³-hybridized carbons (Fsp3) is 0.625. The van der Waals surface area contributed by atoms with Gasteiger partial charge in [0.2, 0.25) is 0 Å². The Morgan fingerprint density at radius 2 is 1.82 bits per heavy atom. The van der Waals surface area contributed by atoms with Crippen molar-refractivity contribution in [3.63, 3.8) is 0 Å². The van der Waals surface area contributed by atoms with Gasteiger partial charge in [0.05, 0.1) is 0 Å². The molecule has 0 radical (unpaired) electrons. The predicted molar refractivity (Wildman–Crippen MR) is 74.0 cm³/mol. The molecule has 0 spiro atoms. The Balaban J connectivity index is 2.06. The summed E-state index contributed by atoms with van der Waals surface area (Å²) in [6, 6.07) is 12.2. The predicted octanol–water partition coefficient (Wildman–Crippen LogP) is 4.31. The van der Waals surface area contributed by atoms with E-state index in [2.05, 4.69) is 56.4 Å². The first-order chi connectivity index (χ1) is 8.04. The minimum Gasteiger partial charge on any atom is -0.307 e. The summed E-state index contributed by atoms with van der Waals surface area (Å²) in [4.78, 5) is 0. The minimum absolute atomic E-state index is 0.372. The van der Waals surface area contributed by atoms with E-state index in [-0.39, 0.29) is 0 Å². The van der Waals surface area contributed by atoms with E-state index >= 15 is 0 Å². The highest BCUT2D eigenvalue weighted by Crippen LogP contribution is 2.31. The lowest BCUT2D eigenvalue weighted by Crippen LogP contribution is -2.39. The standard InChI is InChI=1S/C16H25N/c1-16(2,3)12-15(17-14-10-7-11-14)13-8-5-4-6-9-13/h4-6,8-9,14-15,17H,7,10-12H2,1-3H3. The molecular formula is C16H25N. The normalized spacial score (nSPS) is 18.8. The molecule has 0 aromatic heterocycles. The number of nitrogens with one attached hydrogen (secondary N) is 1. The first-order valence-corrected chi connectivity index (χ1v) is 6.86. The largest absolute Gasteiger partial charge is 0.307 e. The fourth-order valence-electron chi connectivity index (χ4n) is 2.43. The van der Waals surface area contributed by atoms with E-state index in [1.807, 2.05) is 0 Å². The topological polar surface area (TPSA) is 12.0 Å². The van der Waals surface area contributed by atoms with Gasteiger partial charge in [0.1, 0.15) is 0 Å². The van der Waals surface area contributed by atoms with E-state index in [0.717, 1.165) is 6.04 Å². The molecule has 1 atom stereocenters. The molecule has 0 heterocycles. The summed E-state index contributed by atoms with van der Waals surface area (Å²) >= 11 is 0. The van der Waals surface area contributed by atoms with Gasteiger partial charge in [0.15, 0.2) is 0 Å². The summed E-state index contributed by atoms with van der Waals surface area (Å²) in [7, 11) is 0. The molecule has 0 bridgehead atoms. The third-order valence-corrected chi connectivity index (χ3v) is 3.56. The summed E-state index contributed by atoms with van der Waals surface area (Å²) in [5, 5.41) is 3.83. The highest BCUT2D eigenvalue weighted by Gasteiger charge is 2.25. The maximum atomic E-state index is 3.83. The summed E-state index contributed by atoms with van der Waals surface area (Å²) in [6.07, 6.45) is 5.31. The van der Waals surface area contributed by atoms with Crippen molar-refractivity contribution in [2.75, 3.05) is 0 Å². The second-order valence-electron chi connectivity index (χ2n) is 6.52. The lowest BCUT2D eigenvalue weighted by Gasteiger charge is -2.35. The van der Waals surface area contributed by atoms with Crippen molar-refractivity contribution in [1.29, 1.82) is 0 Å². The van der Waals surface area contributed by atoms with Gasteiger partial charge in [-0.25, -0.2) is 0 Å². The van der Waals surface area contributed by atoms with Crippen LogP contribution in [0.4, 0.5) is 0 Å². The van der Waals surface area contributed by atoms with Gasteiger partial charge in [-0.3, -0.25) is 0 Å². The van der Waals surface area contributed by atoms with Crippen LogP contribution in [0, 0.1) is 5.41 Å². The van der Waals surface area contributed by atoms with Gasteiger partial charge in [0.25, 0.3) is 0 Å². The van der Waals surface area contributed by atoms with Crippen LogP contribution in [0.2, 0.25) is 0 Å². The molecule has 1 N–H and O–H groups in total. The molecule has 17 heavy (non-hydrogen) atoms. The number of hydrogen-bond donors (Lipinski definition) is 1. The Kier molecular flexibility index (Phi) is 3.88. The average Bonchev–Trinajstić information content (AvgIpc) is 2.21. The highest BCUT2D eigenvalue weighted by molar-refractivity contribution is 5.19. The Hall–Kier alpha value is -0.820. The molecular weight excluding hydrogens is 206 g/mol. The first kappa shape index (κ1) is 12.6. The van der Waals surface area contributed by atoms with Gasteiger partial charge >= 0.3 is 0 Å². The molecule has 1 heteroatoms. The van der Waals surface area contributed by atoms with Crippen LogP contribution in [0.1, 0.15) is 58.1 Å². The third-order valence-electron chi connectivity index (χ3n) is 3.56. The van der Waals surface area contributed by atoms with Crippen LogP contribution >= 0.6 is 0 Å². The monoisotopic (exact) mass is 231 g/mol. The molecule has 1 fully saturated rings. The molecule has 0 amide bonds. The number of rotatable bonds is 4. The fourth-order valence-corrected chi connectivity index (χ4v) is 2.43. The molecule has 94 valence electrons. The van der Waals surface area contributed by atoms with Crippen molar-refractivity contribution >= 4 is 0 Å². The van der Waals surface area contributed by atoms with Crippen molar-refractivity contribution in [1.82, 2.24) is 5.32 Å². The molecule has 2 rings (SSSR count). The van der Waals surface area contributed by atoms with Crippen molar-refractivity contribution in [2.45, 2.75) is 58.5 Å². The maximum Gasteiger partial charge on any atom is 0.0327 e. The van der Waals surface area contributed by atoms with Crippen LogP contribution in [0.5, 0.6) is 0 Å². The van der Waals surface area contributed by atoms with E-state index in [9.17, 15) is 0 Å². The van der Waals surface area contributed by atoms with Crippen LogP contribution in [0.15, 0.2) is 30.3 Å². The van der Waals surface area contributed by atoms with Crippen molar-refractivity contribution in [3.8, 4) is 0 Å². The average molecular weight is 231 g/mol. The second kappa shape index (κ2) is 5.22. The maximum absolute atomic E-state index is 3.83. The van der Waals surface area contributed by atoms with Gasteiger partial charge in [-0.05, 0) is 30.2 Å². The van der Waals surface area contributed by atoms with Crippen molar-refractivity contribution in [3.05, 3.63) is 35.9 Å². The van der Waals surface area contributed by atoms with Gasteiger partial charge in [-0.2, -0.15) is 0 Å². The molecule has 1 aromatic carbocycles. The van der Waals surface area contributed by atoms with Crippen molar-refractivity contribution < 1.29 is 0 Å². The molecule has 0 saturated heterocycles. The Morgan fingerprint density at radius 1 is 1.18 bits per heavy atom. The third kappa shape index (κ3) is 3.85. The first-order valence-electron chi connectivity index (χ1n) is 6.86. The minimum atomic E-state index is 0.372. The van der Waals surface area contributed by atoms with E-state index in [4.69, 9.17) is 0 Å². The van der Waals surface area contributed by atoms with E-state index < -0.39 is 0 Å². The lowest BCUT2D eigenvalue weighted by atomic mass is 9.83. The summed E-state index contributed by atoms with van der Waals surface area (Å²) in [5.74, 6) is 0. The Morgan fingerprint density at radius 3 is 2.29 bits per heavy atom. The number of hydrogen-bond acceptors (Lipinski definition) is 1. The van der Waals surface area contributed by atoms with Gasteiger partial charge in [-0.15, -0.1) is 0 Å². The molecule has 0 aliphatic heterocycles. The van der Waals surface area contributed by atoms with Crippen LogP contribution in [-0.2, 0) is 0 Å². The molecule has 1 nitrogen and oxygen atoms in total. The van der Waals surface area contributed by atoms with Gasteiger partial charge < -0.3 is 5.32 Å². The van der Waals surface area contributed by atoms with Crippen LogP contribution in [-0.4, -0.2) is 6.04 Å².